The van der Waals surface area contributed by atoms with Crippen molar-refractivity contribution in [2.24, 2.45) is 17.8 Å². The van der Waals surface area contributed by atoms with Crippen LogP contribution < -0.4 is 0 Å². The lowest BCUT2D eigenvalue weighted by molar-refractivity contribution is -0.155. The number of methoxy groups -OCH3 is 1. The molecule has 0 radical (unpaired) electrons. The molecular formula is C10H12O4. The van der Waals surface area contributed by atoms with Gasteiger partial charge in [-0.1, -0.05) is 11.6 Å². The molecule has 4 heteroatoms. The van der Waals surface area contributed by atoms with E-state index >= 15 is 0 Å². The van der Waals surface area contributed by atoms with Crippen LogP contribution in [0, 0.1) is 17.8 Å². The zero-order chi connectivity index (χ0) is 10.3. The summed E-state index contributed by atoms with van der Waals surface area (Å²) in [4.78, 5) is 22.4. The zero-order valence-electron chi connectivity index (χ0n) is 7.90. The van der Waals surface area contributed by atoms with Gasteiger partial charge in [0.25, 0.3) is 0 Å². The average Bonchev–Trinajstić information content (AvgIpc) is 2.74. The van der Waals surface area contributed by atoms with E-state index in [-0.39, 0.29) is 11.9 Å². The molecule has 1 N–H and O–H groups in total. The minimum absolute atomic E-state index is 0.151. The number of fused-ring (bicyclic) bond motifs is 2. The molecule has 0 aromatic carbocycles. The minimum Gasteiger partial charge on any atom is -0.481 e. The lowest BCUT2D eigenvalue weighted by Crippen LogP contribution is -2.32. The normalized spacial score (nSPS) is 34.1. The van der Waals surface area contributed by atoms with Gasteiger partial charge in [0.15, 0.2) is 0 Å². The average molecular weight is 196 g/mol. The first-order valence-corrected chi connectivity index (χ1v) is 4.64. The van der Waals surface area contributed by atoms with Crippen molar-refractivity contribution in [2.45, 2.75) is 12.8 Å². The minimum atomic E-state index is -0.908. The lowest BCUT2D eigenvalue weighted by atomic mass is 9.83. The summed E-state index contributed by atoms with van der Waals surface area (Å²) in [6, 6.07) is 0. The van der Waals surface area contributed by atoms with Crippen LogP contribution >= 0.6 is 0 Å². The lowest BCUT2D eigenvalue weighted by Gasteiger charge is -2.21. The summed E-state index contributed by atoms with van der Waals surface area (Å²) in [6.45, 7) is 0. The van der Waals surface area contributed by atoms with E-state index in [0.717, 1.165) is 18.4 Å². The van der Waals surface area contributed by atoms with E-state index in [4.69, 9.17) is 5.11 Å². The Hall–Kier alpha value is -1.32. The molecule has 3 atom stereocenters. The molecule has 0 aliphatic heterocycles. The van der Waals surface area contributed by atoms with Crippen molar-refractivity contribution in [3.05, 3.63) is 11.6 Å². The van der Waals surface area contributed by atoms with Gasteiger partial charge in [0, 0.05) is 0 Å². The van der Waals surface area contributed by atoms with Crippen LogP contribution in [0.1, 0.15) is 12.8 Å². The van der Waals surface area contributed by atoms with Crippen LogP contribution in [0.2, 0.25) is 0 Å². The number of carbonyl (C=O) groups excluding carboxylic acids is 1. The number of carbonyl (C=O) groups is 2. The highest BCUT2D eigenvalue weighted by molar-refractivity contribution is 5.85. The third kappa shape index (κ3) is 1.14. The van der Waals surface area contributed by atoms with E-state index in [1.165, 1.54) is 7.11 Å². The van der Waals surface area contributed by atoms with Crippen LogP contribution in [-0.4, -0.2) is 24.2 Å². The summed E-state index contributed by atoms with van der Waals surface area (Å²) in [5.74, 6) is -2.24. The molecule has 4 nitrogen and oxygen atoms in total. The molecule has 0 aromatic rings. The van der Waals surface area contributed by atoms with Crippen molar-refractivity contribution in [3.63, 3.8) is 0 Å². The van der Waals surface area contributed by atoms with Crippen LogP contribution in [0.25, 0.3) is 0 Å². The molecule has 2 bridgehead atoms. The second kappa shape index (κ2) is 3.12. The third-order valence-corrected chi connectivity index (χ3v) is 3.19. The Balaban J connectivity index is 2.28. The van der Waals surface area contributed by atoms with E-state index < -0.39 is 17.8 Å². The van der Waals surface area contributed by atoms with Gasteiger partial charge in [-0.2, -0.15) is 0 Å². The number of allylic oxidation sites excluding steroid dienone is 1. The molecule has 0 aromatic heterocycles. The standard InChI is InChI=1S/C10H12O4/c1-14-10(13)8-6-3-2-5(4-6)7(8)9(11)12/h2,6-8H,3-4H2,1H3,(H,11,12). The molecule has 0 heterocycles. The van der Waals surface area contributed by atoms with Gasteiger partial charge < -0.3 is 9.84 Å². The predicted octanol–water partition coefficient (Wildman–Crippen LogP) is 0.826. The van der Waals surface area contributed by atoms with E-state index in [2.05, 4.69) is 4.74 Å². The van der Waals surface area contributed by atoms with Crippen molar-refractivity contribution in [2.75, 3.05) is 7.11 Å². The molecule has 1 fully saturated rings. The van der Waals surface area contributed by atoms with Crippen molar-refractivity contribution in [1.82, 2.24) is 0 Å². The highest BCUT2D eigenvalue weighted by atomic mass is 16.5. The van der Waals surface area contributed by atoms with Crippen molar-refractivity contribution >= 4 is 11.9 Å². The van der Waals surface area contributed by atoms with Gasteiger partial charge in [0.2, 0.25) is 0 Å². The largest absolute Gasteiger partial charge is 0.481 e. The Labute approximate surface area is 81.6 Å². The first kappa shape index (κ1) is 9.24. The molecular weight excluding hydrogens is 184 g/mol. The number of ether oxygens (including phenoxy) is 1. The quantitative estimate of drug-likeness (QED) is 0.524. The number of esters is 1. The van der Waals surface area contributed by atoms with Crippen LogP contribution in [-0.2, 0) is 14.3 Å². The summed E-state index contributed by atoms with van der Waals surface area (Å²) in [7, 11) is 1.31. The fourth-order valence-corrected chi connectivity index (χ4v) is 2.58. The second-order valence-electron chi connectivity index (χ2n) is 3.84. The fourth-order valence-electron chi connectivity index (χ4n) is 2.58. The molecule has 2 aliphatic rings. The molecule has 2 rings (SSSR count). The molecule has 76 valence electrons. The third-order valence-electron chi connectivity index (χ3n) is 3.19. The van der Waals surface area contributed by atoms with Gasteiger partial charge in [-0.15, -0.1) is 0 Å². The first-order chi connectivity index (χ1) is 6.65. The van der Waals surface area contributed by atoms with E-state index in [1.807, 2.05) is 6.08 Å². The fraction of sp³-hybridized carbons (Fsp3) is 0.600. The van der Waals surface area contributed by atoms with Crippen LogP contribution in [0.5, 0.6) is 0 Å². The zero-order valence-corrected chi connectivity index (χ0v) is 7.90. The highest BCUT2D eigenvalue weighted by Crippen LogP contribution is 2.48. The Bertz CT molecular complexity index is 318. The Morgan fingerprint density at radius 1 is 1.57 bits per heavy atom. The van der Waals surface area contributed by atoms with Crippen LogP contribution in [0.4, 0.5) is 0 Å². The van der Waals surface area contributed by atoms with E-state index in [1.54, 1.807) is 0 Å². The van der Waals surface area contributed by atoms with Gasteiger partial charge in [-0.05, 0) is 18.8 Å². The molecule has 0 saturated heterocycles. The van der Waals surface area contributed by atoms with Gasteiger partial charge in [0.1, 0.15) is 0 Å². The predicted molar refractivity (Wildman–Crippen MR) is 47.4 cm³/mol. The molecule has 2 aliphatic carbocycles. The summed E-state index contributed by atoms with van der Waals surface area (Å²) in [6.07, 6.45) is 3.51. The highest BCUT2D eigenvalue weighted by Gasteiger charge is 2.50. The molecule has 0 spiro atoms. The summed E-state index contributed by atoms with van der Waals surface area (Å²) in [5, 5.41) is 9.00. The van der Waals surface area contributed by atoms with Crippen molar-refractivity contribution in [1.29, 1.82) is 0 Å². The van der Waals surface area contributed by atoms with Crippen molar-refractivity contribution < 1.29 is 19.4 Å². The molecule has 1 saturated carbocycles. The van der Waals surface area contributed by atoms with E-state index in [0.29, 0.717) is 0 Å². The van der Waals surface area contributed by atoms with Gasteiger partial charge in [-0.3, -0.25) is 9.59 Å². The number of carboxylic acid groups (broad SMARTS) is 1. The topological polar surface area (TPSA) is 63.6 Å². The maximum atomic E-state index is 11.4. The Morgan fingerprint density at radius 2 is 2.29 bits per heavy atom. The maximum absolute atomic E-state index is 11.4. The number of rotatable bonds is 2. The second-order valence-corrected chi connectivity index (χ2v) is 3.84. The summed E-state index contributed by atoms with van der Waals surface area (Å²) in [5.41, 5.74) is 0.901. The maximum Gasteiger partial charge on any atom is 0.311 e. The number of aliphatic carboxylic acids is 1. The summed E-state index contributed by atoms with van der Waals surface area (Å²) >= 11 is 0. The Kier molecular flexibility index (Phi) is 2.06. The summed E-state index contributed by atoms with van der Waals surface area (Å²) < 4.78 is 4.64. The number of hydrogen-bond donors (Lipinski definition) is 1. The molecule has 14 heavy (non-hydrogen) atoms. The SMILES string of the molecule is COC(=O)C1C2CC=C(C2)C1C(=O)O. The number of carboxylic acids is 1. The van der Waals surface area contributed by atoms with Gasteiger partial charge >= 0.3 is 11.9 Å². The Morgan fingerprint density at radius 3 is 2.86 bits per heavy atom. The monoisotopic (exact) mass is 196 g/mol. The smallest absolute Gasteiger partial charge is 0.311 e. The van der Waals surface area contributed by atoms with Crippen LogP contribution in [0.15, 0.2) is 11.6 Å². The van der Waals surface area contributed by atoms with Crippen molar-refractivity contribution in [3.8, 4) is 0 Å². The molecule has 3 unspecified atom stereocenters. The first-order valence-electron chi connectivity index (χ1n) is 4.64. The van der Waals surface area contributed by atoms with E-state index in [9.17, 15) is 9.59 Å². The molecule has 0 amide bonds. The van der Waals surface area contributed by atoms with Crippen LogP contribution in [0.3, 0.4) is 0 Å². The number of hydrogen-bond acceptors (Lipinski definition) is 3. The van der Waals surface area contributed by atoms with Gasteiger partial charge in [-0.25, -0.2) is 0 Å². The van der Waals surface area contributed by atoms with Gasteiger partial charge in [0.05, 0.1) is 18.9 Å².